The van der Waals surface area contributed by atoms with Crippen LogP contribution in [0.2, 0.25) is 0 Å². The summed E-state index contributed by atoms with van der Waals surface area (Å²) in [5.74, 6) is 0. The van der Waals surface area contributed by atoms with Crippen molar-refractivity contribution in [3.63, 3.8) is 0 Å². The molecule has 1 saturated heterocycles. The number of hydrogen-bond acceptors (Lipinski definition) is 4. The van der Waals surface area contributed by atoms with Crippen LogP contribution in [0.15, 0.2) is 5.29 Å². The average Bonchev–Trinajstić information content (AvgIpc) is 2.33. The van der Waals surface area contributed by atoms with Crippen molar-refractivity contribution in [1.82, 2.24) is 5.01 Å². The number of ether oxygens (including phenoxy) is 1. The van der Waals surface area contributed by atoms with E-state index >= 15 is 0 Å². The molecule has 9 heavy (non-hydrogen) atoms. The molecule has 5 heteroatoms. The SMILES string of the molecule is O=CC1OCCN1N=O. The summed E-state index contributed by atoms with van der Waals surface area (Å²) in [6, 6.07) is 0. The summed E-state index contributed by atoms with van der Waals surface area (Å²) in [6.07, 6.45) is -0.198. The predicted molar refractivity (Wildman–Crippen MR) is 28.3 cm³/mol. The van der Waals surface area contributed by atoms with Crippen molar-refractivity contribution in [2.45, 2.75) is 6.23 Å². The molecule has 1 unspecified atom stereocenters. The second kappa shape index (κ2) is 2.54. The van der Waals surface area contributed by atoms with E-state index in [1.165, 1.54) is 0 Å². The molecule has 0 radical (unpaired) electrons. The van der Waals surface area contributed by atoms with Crippen LogP contribution in [0.5, 0.6) is 0 Å². The Labute approximate surface area is 51.5 Å². The zero-order valence-corrected chi connectivity index (χ0v) is 4.69. The zero-order chi connectivity index (χ0) is 6.69. The van der Waals surface area contributed by atoms with Crippen molar-refractivity contribution in [2.24, 2.45) is 5.29 Å². The number of carbonyl (C=O) groups is 1. The molecular formula is C4H6N2O3. The molecular weight excluding hydrogens is 124 g/mol. The van der Waals surface area contributed by atoms with Crippen LogP contribution >= 0.6 is 0 Å². The molecule has 1 aliphatic rings. The fraction of sp³-hybridized carbons (Fsp3) is 0.750. The van der Waals surface area contributed by atoms with Crippen LogP contribution in [-0.2, 0) is 9.53 Å². The van der Waals surface area contributed by atoms with Crippen LogP contribution in [0.25, 0.3) is 0 Å². The van der Waals surface area contributed by atoms with Crippen molar-refractivity contribution in [1.29, 1.82) is 0 Å². The van der Waals surface area contributed by atoms with Crippen LogP contribution in [0.4, 0.5) is 0 Å². The number of nitroso groups, excluding NO2 is 1. The Morgan fingerprint density at radius 1 is 1.78 bits per heavy atom. The lowest BCUT2D eigenvalue weighted by molar-refractivity contribution is -0.121. The maximum absolute atomic E-state index is 10.0. The summed E-state index contributed by atoms with van der Waals surface area (Å²) >= 11 is 0. The van der Waals surface area contributed by atoms with Crippen molar-refractivity contribution in [3.05, 3.63) is 4.91 Å². The van der Waals surface area contributed by atoms with E-state index in [4.69, 9.17) is 4.74 Å². The van der Waals surface area contributed by atoms with Gasteiger partial charge in [-0.15, -0.1) is 4.91 Å². The molecule has 0 aromatic carbocycles. The van der Waals surface area contributed by atoms with E-state index in [0.29, 0.717) is 19.4 Å². The highest BCUT2D eigenvalue weighted by molar-refractivity contribution is 5.55. The van der Waals surface area contributed by atoms with Gasteiger partial charge in [0.2, 0.25) is 6.23 Å². The van der Waals surface area contributed by atoms with Crippen LogP contribution in [0, 0.1) is 4.91 Å². The maximum atomic E-state index is 10.0. The molecule has 0 aliphatic carbocycles. The highest BCUT2D eigenvalue weighted by Crippen LogP contribution is 2.06. The van der Waals surface area contributed by atoms with Crippen LogP contribution in [0.1, 0.15) is 0 Å². The van der Waals surface area contributed by atoms with Gasteiger partial charge in [-0.2, -0.15) is 0 Å². The van der Waals surface area contributed by atoms with Gasteiger partial charge in [0.25, 0.3) is 0 Å². The van der Waals surface area contributed by atoms with E-state index in [-0.39, 0.29) is 0 Å². The topological polar surface area (TPSA) is 59.0 Å². The molecule has 1 aliphatic heterocycles. The van der Waals surface area contributed by atoms with Crippen LogP contribution in [-0.4, -0.2) is 30.7 Å². The second-order valence-corrected chi connectivity index (χ2v) is 1.64. The summed E-state index contributed by atoms with van der Waals surface area (Å²) in [7, 11) is 0. The normalized spacial score (nSPS) is 26.2. The van der Waals surface area contributed by atoms with Gasteiger partial charge in [0.1, 0.15) is 0 Å². The lowest BCUT2D eigenvalue weighted by Crippen LogP contribution is -2.25. The van der Waals surface area contributed by atoms with Gasteiger partial charge in [0.05, 0.1) is 18.4 Å². The Bertz CT molecular complexity index is 113. The minimum Gasteiger partial charge on any atom is -0.348 e. The number of aldehydes is 1. The van der Waals surface area contributed by atoms with E-state index in [0.717, 1.165) is 5.01 Å². The minimum atomic E-state index is -0.748. The first-order chi connectivity index (χ1) is 4.38. The molecule has 0 amide bonds. The quantitative estimate of drug-likeness (QED) is 0.374. The Morgan fingerprint density at radius 2 is 2.56 bits per heavy atom. The molecule has 0 N–H and O–H groups in total. The van der Waals surface area contributed by atoms with Gasteiger partial charge < -0.3 is 4.74 Å². The van der Waals surface area contributed by atoms with Gasteiger partial charge in [-0.25, -0.2) is 5.01 Å². The molecule has 0 bridgehead atoms. The van der Waals surface area contributed by atoms with Crippen molar-refractivity contribution in [3.8, 4) is 0 Å². The largest absolute Gasteiger partial charge is 0.348 e. The predicted octanol–water partition coefficient (Wildman–Crippen LogP) is -0.475. The van der Waals surface area contributed by atoms with Gasteiger partial charge in [-0.1, -0.05) is 0 Å². The summed E-state index contributed by atoms with van der Waals surface area (Å²) in [6.45, 7) is 0.808. The molecule has 1 fully saturated rings. The standard InChI is InChI=1S/C4H6N2O3/c7-3-4-6(5-8)1-2-9-4/h3-4H,1-2H2. The van der Waals surface area contributed by atoms with E-state index in [1.807, 2.05) is 0 Å². The number of hydrogen-bond donors (Lipinski definition) is 0. The van der Waals surface area contributed by atoms with Gasteiger partial charge in [0.15, 0.2) is 6.29 Å². The molecule has 0 aromatic heterocycles. The second-order valence-electron chi connectivity index (χ2n) is 1.64. The average molecular weight is 130 g/mol. The molecule has 5 nitrogen and oxygen atoms in total. The van der Waals surface area contributed by atoms with E-state index in [2.05, 4.69) is 5.29 Å². The molecule has 1 rings (SSSR count). The third-order valence-corrected chi connectivity index (χ3v) is 1.12. The van der Waals surface area contributed by atoms with Gasteiger partial charge >= 0.3 is 0 Å². The van der Waals surface area contributed by atoms with Gasteiger partial charge in [-0.3, -0.25) is 4.79 Å². The molecule has 50 valence electrons. The summed E-state index contributed by atoms with van der Waals surface area (Å²) in [5, 5.41) is 3.63. The summed E-state index contributed by atoms with van der Waals surface area (Å²) < 4.78 is 4.77. The molecule has 1 heterocycles. The maximum Gasteiger partial charge on any atom is 0.204 e. The zero-order valence-electron chi connectivity index (χ0n) is 4.69. The molecule has 1 atom stereocenters. The van der Waals surface area contributed by atoms with Crippen molar-refractivity contribution < 1.29 is 9.53 Å². The summed E-state index contributed by atoms with van der Waals surface area (Å²) in [4.78, 5) is 19.8. The number of carbonyl (C=O) groups excluding carboxylic acids is 1. The van der Waals surface area contributed by atoms with Crippen molar-refractivity contribution >= 4 is 6.29 Å². The highest BCUT2D eigenvalue weighted by atomic mass is 16.5. The fourth-order valence-corrected chi connectivity index (χ4v) is 0.677. The third kappa shape index (κ3) is 1.05. The van der Waals surface area contributed by atoms with Crippen LogP contribution in [0.3, 0.4) is 0 Å². The summed E-state index contributed by atoms with van der Waals surface area (Å²) in [5.41, 5.74) is 0. The van der Waals surface area contributed by atoms with E-state index < -0.39 is 6.23 Å². The monoisotopic (exact) mass is 130 g/mol. The molecule has 0 aromatic rings. The third-order valence-electron chi connectivity index (χ3n) is 1.12. The van der Waals surface area contributed by atoms with Gasteiger partial charge in [-0.05, 0) is 0 Å². The minimum absolute atomic E-state index is 0.398. The first-order valence-electron chi connectivity index (χ1n) is 2.55. The Morgan fingerprint density at radius 3 is 3.00 bits per heavy atom. The Kier molecular flexibility index (Phi) is 1.74. The lowest BCUT2D eigenvalue weighted by atomic mass is 10.6. The van der Waals surface area contributed by atoms with Crippen molar-refractivity contribution in [2.75, 3.05) is 13.2 Å². The first-order valence-corrected chi connectivity index (χ1v) is 2.55. The van der Waals surface area contributed by atoms with Gasteiger partial charge in [0, 0.05) is 0 Å². The molecule has 0 saturated carbocycles. The molecule has 0 spiro atoms. The van der Waals surface area contributed by atoms with E-state index in [1.54, 1.807) is 0 Å². The van der Waals surface area contributed by atoms with E-state index in [9.17, 15) is 9.70 Å². The first kappa shape index (κ1) is 6.15. The Hall–Kier alpha value is -0.970. The number of nitrogens with zero attached hydrogens (tertiary/aromatic N) is 2. The Balaban J connectivity index is 2.50. The fourth-order valence-electron chi connectivity index (χ4n) is 0.677. The van der Waals surface area contributed by atoms with Crippen LogP contribution < -0.4 is 0 Å². The lowest BCUT2D eigenvalue weighted by Gasteiger charge is -2.07. The number of rotatable bonds is 2. The highest BCUT2D eigenvalue weighted by Gasteiger charge is 2.23. The smallest absolute Gasteiger partial charge is 0.204 e.